The molecule has 2 aliphatic carbocycles. The Morgan fingerprint density at radius 3 is 2.50 bits per heavy atom. The molecule has 3 heteroatoms. The minimum Gasteiger partial charge on any atom is -0.383 e. The predicted molar refractivity (Wildman–Crippen MR) is 66.3 cm³/mol. The number of ether oxygens (including phenoxy) is 1. The maximum absolute atomic E-state index is 5.96. The Morgan fingerprint density at radius 2 is 2.06 bits per heavy atom. The SMILES string of the molecule is COCC(CN)(NCCC1CCC1)C1CC1. The van der Waals surface area contributed by atoms with Crippen LogP contribution in [0.25, 0.3) is 0 Å². The molecule has 0 radical (unpaired) electrons. The molecule has 16 heavy (non-hydrogen) atoms. The lowest BCUT2D eigenvalue weighted by Crippen LogP contribution is -2.57. The highest BCUT2D eigenvalue weighted by atomic mass is 16.5. The third-order valence-corrected chi connectivity index (χ3v) is 4.38. The summed E-state index contributed by atoms with van der Waals surface area (Å²) in [7, 11) is 1.78. The van der Waals surface area contributed by atoms with Gasteiger partial charge in [0.25, 0.3) is 0 Å². The van der Waals surface area contributed by atoms with Crippen molar-refractivity contribution in [2.75, 3.05) is 26.8 Å². The molecule has 0 saturated heterocycles. The first kappa shape index (κ1) is 12.3. The molecular formula is C13H26N2O. The van der Waals surface area contributed by atoms with Crippen LogP contribution in [0, 0.1) is 11.8 Å². The summed E-state index contributed by atoms with van der Waals surface area (Å²) in [6.45, 7) is 2.58. The standard InChI is InChI=1S/C13H26N2O/c1-16-10-13(9-14,12-5-6-12)15-8-7-11-3-2-4-11/h11-12,15H,2-10,14H2,1H3. The Bertz CT molecular complexity index is 214. The van der Waals surface area contributed by atoms with Gasteiger partial charge >= 0.3 is 0 Å². The summed E-state index contributed by atoms with van der Waals surface area (Å²) >= 11 is 0. The fraction of sp³-hybridized carbons (Fsp3) is 1.00. The third-order valence-electron chi connectivity index (χ3n) is 4.38. The van der Waals surface area contributed by atoms with Crippen molar-refractivity contribution >= 4 is 0 Å². The van der Waals surface area contributed by atoms with Gasteiger partial charge in [0.1, 0.15) is 0 Å². The van der Waals surface area contributed by atoms with Gasteiger partial charge in [0, 0.05) is 13.7 Å². The van der Waals surface area contributed by atoms with Gasteiger partial charge in [-0.2, -0.15) is 0 Å². The van der Waals surface area contributed by atoms with Gasteiger partial charge in [0.2, 0.25) is 0 Å². The van der Waals surface area contributed by atoms with Crippen molar-refractivity contribution in [3.8, 4) is 0 Å². The quantitative estimate of drug-likeness (QED) is 0.659. The van der Waals surface area contributed by atoms with Gasteiger partial charge < -0.3 is 15.8 Å². The maximum Gasteiger partial charge on any atom is 0.0659 e. The van der Waals surface area contributed by atoms with Crippen molar-refractivity contribution in [1.29, 1.82) is 0 Å². The third kappa shape index (κ3) is 2.76. The molecule has 0 spiro atoms. The zero-order valence-electron chi connectivity index (χ0n) is 10.5. The summed E-state index contributed by atoms with van der Waals surface area (Å²) in [6, 6.07) is 0. The molecule has 2 saturated carbocycles. The average Bonchev–Trinajstić information content (AvgIpc) is 3.04. The van der Waals surface area contributed by atoms with E-state index in [0.29, 0.717) is 6.54 Å². The zero-order valence-corrected chi connectivity index (χ0v) is 10.5. The summed E-state index contributed by atoms with van der Waals surface area (Å²) in [5.74, 6) is 1.73. The van der Waals surface area contributed by atoms with Crippen LogP contribution in [0.3, 0.4) is 0 Å². The topological polar surface area (TPSA) is 47.3 Å². The van der Waals surface area contributed by atoms with E-state index < -0.39 is 0 Å². The first-order chi connectivity index (χ1) is 7.80. The van der Waals surface area contributed by atoms with Crippen molar-refractivity contribution in [3.05, 3.63) is 0 Å². The zero-order chi connectivity index (χ0) is 11.4. The number of nitrogens with two attached hydrogens (primary N) is 1. The first-order valence-corrected chi connectivity index (χ1v) is 6.75. The molecule has 2 fully saturated rings. The fourth-order valence-corrected chi connectivity index (χ4v) is 2.81. The van der Waals surface area contributed by atoms with E-state index in [1.54, 1.807) is 7.11 Å². The first-order valence-electron chi connectivity index (χ1n) is 6.75. The summed E-state index contributed by atoms with van der Waals surface area (Å²) in [5.41, 5.74) is 6.02. The van der Waals surface area contributed by atoms with E-state index in [1.807, 2.05) is 0 Å². The summed E-state index contributed by atoms with van der Waals surface area (Å²) in [6.07, 6.45) is 8.26. The molecule has 0 aliphatic heterocycles. The molecule has 2 rings (SSSR count). The summed E-state index contributed by atoms with van der Waals surface area (Å²) in [4.78, 5) is 0. The second-order valence-electron chi connectivity index (χ2n) is 5.58. The molecule has 94 valence electrons. The van der Waals surface area contributed by atoms with Crippen LogP contribution in [0.2, 0.25) is 0 Å². The Kier molecular flexibility index (Phi) is 4.22. The lowest BCUT2D eigenvalue weighted by molar-refractivity contribution is 0.0962. The highest BCUT2D eigenvalue weighted by Gasteiger charge is 2.43. The van der Waals surface area contributed by atoms with Gasteiger partial charge in [0.05, 0.1) is 12.1 Å². The Morgan fingerprint density at radius 1 is 1.31 bits per heavy atom. The molecule has 0 amide bonds. The predicted octanol–water partition coefficient (Wildman–Crippen LogP) is 1.52. The normalized spacial score (nSPS) is 25.1. The number of hydrogen-bond acceptors (Lipinski definition) is 3. The Labute approximate surface area is 99.1 Å². The molecule has 0 aromatic rings. The Hall–Kier alpha value is -0.120. The van der Waals surface area contributed by atoms with Crippen molar-refractivity contribution in [2.45, 2.75) is 44.1 Å². The number of nitrogens with one attached hydrogen (secondary N) is 1. The van der Waals surface area contributed by atoms with Crippen molar-refractivity contribution in [3.63, 3.8) is 0 Å². The molecule has 0 aromatic heterocycles. The van der Waals surface area contributed by atoms with Gasteiger partial charge in [-0.1, -0.05) is 19.3 Å². The lowest BCUT2D eigenvalue weighted by Gasteiger charge is -2.35. The van der Waals surface area contributed by atoms with Gasteiger partial charge in [-0.25, -0.2) is 0 Å². The largest absolute Gasteiger partial charge is 0.383 e. The van der Waals surface area contributed by atoms with E-state index in [0.717, 1.165) is 25.0 Å². The van der Waals surface area contributed by atoms with E-state index >= 15 is 0 Å². The second kappa shape index (κ2) is 5.48. The van der Waals surface area contributed by atoms with Gasteiger partial charge in [0.15, 0.2) is 0 Å². The van der Waals surface area contributed by atoms with E-state index in [-0.39, 0.29) is 5.54 Å². The number of rotatable bonds is 8. The van der Waals surface area contributed by atoms with Crippen LogP contribution >= 0.6 is 0 Å². The summed E-state index contributed by atoms with van der Waals surface area (Å²) in [5, 5.41) is 3.69. The fourth-order valence-electron chi connectivity index (χ4n) is 2.81. The van der Waals surface area contributed by atoms with Gasteiger partial charge in [-0.05, 0) is 37.6 Å². The molecular weight excluding hydrogens is 200 g/mol. The van der Waals surface area contributed by atoms with Crippen LogP contribution in [0.5, 0.6) is 0 Å². The van der Waals surface area contributed by atoms with Gasteiger partial charge in [-0.15, -0.1) is 0 Å². The molecule has 1 unspecified atom stereocenters. The van der Waals surface area contributed by atoms with Crippen LogP contribution in [-0.4, -0.2) is 32.3 Å². The highest BCUT2D eigenvalue weighted by Crippen LogP contribution is 2.39. The van der Waals surface area contributed by atoms with Crippen molar-refractivity contribution in [2.24, 2.45) is 17.6 Å². The number of methoxy groups -OCH3 is 1. The average molecular weight is 226 g/mol. The highest BCUT2D eigenvalue weighted by molar-refractivity contribution is 5.02. The summed E-state index contributed by atoms with van der Waals surface area (Å²) < 4.78 is 5.35. The van der Waals surface area contributed by atoms with E-state index in [1.165, 1.54) is 38.5 Å². The van der Waals surface area contributed by atoms with Crippen LogP contribution in [0.15, 0.2) is 0 Å². The molecule has 0 bridgehead atoms. The van der Waals surface area contributed by atoms with E-state index in [4.69, 9.17) is 10.5 Å². The van der Waals surface area contributed by atoms with Crippen LogP contribution < -0.4 is 11.1 Å². The lowest BCUT2D eigenvalue weighted by atomic mass is 9.82. The smallest absolute Gasteiger partial charge is 0.0659 e. The van der Waals surface area contributed by atoms with Gasteiger partial charge in [-0.3, -0.25) is 0 Å². The van der Waals surface area contributed by atoms with Crippen LogP contribution in [0.4, 0.5) is 0 Å². The monoisotopic (exact) mass is 226 g/mol. The Balaban J connectivity index is 1.75. The minimum absolute atomic E-state index is 0.0680. The number of hydrogen-bond donors (Lipinski definition) is 2. The van der Waals surface area contributed by atoms with E-state index in [2.05, 4.69) is 5.32 Å². The van der Waals surface area contributed by atoms with Crippen LogP contribution in [0.1, 0.15) is 38.5 Å². The molecule has 0 aromatic carbocycles. The van der Waals surface area contributed by atoms with E-state index in [9.17, 15) is 0 Å². The molecule has 3 nitrogen and oxygen atoms in total. The van der Waals surface area contributed by atoms with Crippen LogP contribution in [-0.2, 0) is 4.74 Å². The van der Waals surface area contributed by atoms with Crippen molar-refractivity contribution in [1.82, 2.24) is 5.32 Å². The maximum atomic E-state index is 5.96. The molecule has 0 heterocycles. The second-order valence-corrected chi connectivity index (χ2v) is 5.58. The molecule has 3 N–H and O–H groups in total. The molecule has 2 aliphatic rings. The minimum atomic E-state index is 0.0680. The van der Waals surface area contributed by atoms with Crippen molar-refractivity contribution < 1.29 is 4.74 Å². The molecule has 1 atom stereocenters.